The molecule has 3 saturated heterocycles. The first kappa shape index (κ1) is 61.4. The predicted octanol–water partition coefficient (Wildman–Crippen LogP) is 6.92. The van der Waals surface area contributed by atoms with Crippen LogP contribution in [-0.4, -0.2) is 154 Å². The lowest BCUT2D eigenvalue weighted by Gasteiger charge is -2.44. The molecule has 440 valence electrons. The van der Waals surface area contributed by atoms with Crippen LogP contribution in [0.5, 0.6) is 0 Å². The minimum atomic E-state index is -5.29. The number of hydrogen-bond acceptors (Lipinski definition) is 12. The molecule has 4 amide bonds. The molecule has 6 N–H and O–H groups in total. The van der Waals surface area contributed by atoms with Crippen LogP contribution in [0.3, 0.4) is 0 Å². The fourth-order valence-electron chi connectivity index (χ4n) is 9.99. The number of pyridine rings is 1. The van der Waals surface area contributed by atoms with Crippen molar-refractivity contribution in [3.63, 3.8) is 0 Å². The second kappa shape index (κ2) is 24.9. The molecule has 7 rings (SSSR count). The van der Waals surface area contributed by atoms with E-state index in [1.165, 1.54) is 29.6 Å². The quantitative estimate of drug-likeness (QED) is 0.0320. The number of amides is 4. The van der Waals surface area contributed by atoms with Crippen LogP contribution in [0.1, 0.15) is 75.8 Å². The van der Waals surface area contributed by atoms with Gasteiger partial charge in [0.2, 0.25) is 5.91 Å². The summed E-state index contributed by atoms with van der Waals surface area (Å²) in [5.41, 5.74) is -4.67. The van der Waals surface area contributed by atoms with Crippen LogP contribution < -0.4 is 26.3 Å². The standard InChI is InChI=1S/C53H60F10N10O8/c1-50(2,52(58,59)60)43(67-49(79)80-5)45(75)65-40(20-30-9-6-29(7-10-30)8-11-31-12-15-42(64-23-31)70-24-33-13-14-34(25-70)73(33)35-17-19-81-28-35)41(74)27-71(69-46(76)44(66-48(77)78)51(3,4)53(61,62)63)26-36-37(54)21-32(22-38(36)55)39-16-18-72(68-39)47(56)57/h6-7,9-10,12,15-16,18,21-23,33-35,40-41,43-44,47,66,74H,13-14,17,19-20,24-28H2,1-5H3,(H,65,75)(H,67,79)(H,69,76)(H,77,78)/t33?,34?,35-,40+,41+,43-,44-/m1/s1. The summed E-state index contributed by atoms with van der Waals surface area (Å²) >= 11 is 0. The van der Waals surface area contributed by atoms with Crippen molar-refractivity contribution in [3.05, 3.63) is 101 Å². The number of benzene rings is 2. The maximum absolute atomic E-state index is 16.0. The van der Waals surface area contributed by atoms with Gasteiger partial charge >= 0.3 is 31.1 Å². The number of rotatable bonds is 19. The van der Waals surface area contributed by atoms with Gasteiger partial charge in [0.05, 0.1) is 42.4 Å². The zero-order chi connectivity index (χ0) is 59.4. The zero-order valence-electron chi connectivity index (χ0n) is 44.3. The second-order valence-electron chi connectivity index (χ2n) is 21.1. The van der Waals surface area contributed by atoms with Gasteiger partial charge in [0.15, 0.2) is 0 Å². The fraction of sp³-hybridized carbons (Fsp3) is 0.509. The Bertz CT molecular complexity index is 2910. The molecule has 3 aliphatic heterocycles. The minimum Gasteiger partial charge on any atom is -0.465 e. The monoisotopic (exact) mass is 1150 g/mol. The third kappa shape index (κ3) is 14.5. The van der Waals surface area contributed by atoms with Crippen LogP contribution >= 0.6 is 0 Å². The molecule has 0 aliphatic carbocycles. The molecule has 2 aromatic heterocycles. The lowest BCUT2D eigenvalue weighted by Crippen LogP contribution is -2.63. The summed E-state index contributed by atoms with van der Waals surface area (Å²) in [5.74, 6) is 0.625. The van der Waals surface area contributed by atoms with E-state index < -0.39 is 115 Å². The molecule has 5 heterocycles. The molecule has 7 atom stereocenters. The lowest BCUT2D eigenvalue weighted by atomic mass is 9.82. The highest BCUT2D eigenvalue weighted by Crippen LogP contribution is 2.42. The van der Waals surface area contributed by atoms with Crippen molar-refractivity contribution in [1.82, 2.24) is 46.0 Å². The number of nitrogens with zero attached hydrogens (tertiary/aromatic N) is 6. The largest absolute Gasteiger partial charge is 0.465 e. The van der Waals surface area contributed by atoms with Crippen molar-refractivity contribution in [3.8, 4) is 23.1 Å². The Morgan fingerprint density at radius 2 is 1.41 bits per heavy atom. The first-order valence-corrected chi connectivity index (χ1v) is 25.5. The predicted molar refractivity (Wildman–Crippen MR) is 270 cm³/mol. The topological polar surface area (TPSA) is 216 Å². The number of halogens is 10. The van der Waals surface area contributed by atoms with Crippen LogP contribution in [0, 0.1) is 34.3 Å². The molecule has 2 aromatic carbocycles. The highest BCUT2D eigenvalue weighted by atomic mass is 19.4. The number of alkyl carbamates (subject to hydrolysis) is 1. The van der Waals surface area contributed by atoms with Crippen molar-refractivity contribution in [2.24, 2.45) is 10.8 Å². The average molecular weight is 1160 g/mol. The van der Waals surface area contributed by atoms with Crippen LogP contribution in [0.15, 0.2) is 67.0 Å². The zero-order valence-corrected chi connectivity index (χ0v) is 44.3. The van der Waals surface area contributed by atoms with Gasteiger partial charge in [0.25, 0.3) is 5.91 Å². The van der Waals surface area contributed by atoms with Crippen LogP contribution in [-0.2, 0) is 32.0 Å². The van der Waals surface area contributed by atoms with Gasteiger partial charge in [-0.3, -0.25) is 19.9 Å². The van der Waals surface area contributed by atoms with Gasteiger partial charge in [0.1, 0.15) is 29.5 Å². The van der Waals surface area contributed by atoms with Crippen LogP contribution in [0.4, 0.5) is 59.3 Å². The molecule has 0 spiro atoms. The summed E-state index contributed by atoms with van der Waals surface area (Å²) in [5, 5.41) is 31.1. The Hall–Kier alpha value is -7.22. The van der Waals surface area contributed by atoms with Crippen molar-refractivity contribution in [2.75, 3.05) is 44.9 Å². The molecule has 3 fully saturated rings. The molecule has 18 nitrogen and oxygen atoms in total. The number of hydrazine groups is 1. The first-order chi connectivity index (χ1) is 38.0. The van der Waals surface area contributed by atoms with E-state index in [0.29, 0.717) is 74.1 Å². The van der Waals surface area contributed by atoms with Gasteiger partial charge in [0, 0.05) is 85.6 Å². The number of aromatic nitrogens is 3. The van der Waals surface area contributed by atoms with E-state index in [1.54, 1.807) is 6.20 Å². The van der Waals surface area contributed by atoms with E-state index in [-0.39, 0.29) is 21.5 Å². The van der Waals surface area contributed by atoms with Gasteiger partial charge < -0.3 is 40.5 Å². The van der Waals surface area contributed by atoms with Crippen molar-refractivity contribution >= 4 is 29.8 Å². The smallest absolute Gasteiger partial charge is 0.407 e. The summed E-state index contributed by atoms with van der Waals surface area (Å²) in [6.07, 6.45) is -11.0. The number of carbonyl (C=O) groups excluding carboxylic acids is 3. The molecule has 2 bridgehead atoms. The Kier molecular flexibility index (Phi) is 18.9. The Labute approximate surface area is 458 Å². The number of methoxy groups -OCH3 is 1. The lowest BCUT2D eigenvalue weighted by molar-refractivity contribution is -0.221. The maximum Gasteiger partial charge on any atom is 0.407 e. The first-order valence-electron chi connectivity index (χ1n) is 25.5. The number of piperazine rings is 1. The number of ether oxygens (including phenoxy) is 2. The van der Waals surface area contributed by atoms with E-state index in [9.17, 15) is 64.5 Å². The average Bonchev–Trinajstić information content (AvgIpc) is 4.19. The second-order valence-corrected chi connectivity index (χ2v) is 21.1. The number of aliphatic hydroxyl groups is 1. The summed E-state index contributed by atoms with van der Waals surface area (Å²) in [6.45, 7) is -0.180. The number of anilines is 1. The third-order valence-corrected chi connectivity index (χ3v) is 14.9. The Morgan fingerprint density at radius 1 is 0.815 bits per heavy atom. The molecular formula is C53H60F10N10O8. The number of carbonyl (C=O) groups is 4. The summed E-state index contributed by atoms with van der Waals surface area (Å²) in [7, 11) is 0.812. The van der Waals surface area contributed by atoms with Crippen molar-refractivity contribution < 1.29 is 82.8 Å². The number of hydrogen-bond donors (Lipinski definition) is 6. The molecule has 3 aliphatic rings. The molecule has 0 radical (unpaired) electrons. The maximum atomic E-state index is 16.0. The van der Waals surface area contributed by atoms with Gasteiger partial charge in [-0.1, -0.05) is 24.0 Å². The third-order valence-electron chi connectivity index (χ3n) is 14.9. The molecule has 0 saturated carbocycles. The normalized spacial score (nSPS) is 19.3. The van der Waals surface area contributed by atoms with E-state index in [1.807, 2.05) is 22.9 Å². The summed E-state index contributed by atoms with van der Waals surface area (Å²) < 4.78 is 156. The van der Waals surface area contributed by atoms with E-state index in [4.69, 9.17) is 4.74 Å². The van der Waals surface area contributed by atoms with Crippen molar-refractivity contribution in [1.29, 1.82) is 0 Å². The van der Waals surface area contributed by atoms with E-state index in [0.717, 1.165) is 70.8 Å². The molecule has 2 unspecified atom stereocenters. The number of fused-ring (bicyclic) bond motifs is 2. The summed E-state index contributed by atoms with van der Waals surface area (Å²) in [4.78, 5) is 61.6. The van der Waals surface area contributed by atoms with Gasteiger partial charge in [-0.15, -0.1) is 0 Å². The highest BCUT2D eigenvalue weighted by Gasteiger charge is 2.57. The Balaban J connectivity index is 1.17. The summed E-state index contributed by atoms with van der Waals surface area (Å²) in [6, 6.07) is 6.32. The van der Waals surface area contributed by atoms with Crippen molar-refractivity contribution in [2.45, 2.75) is 121 Å². The van der Waals surface area contributed by atoms with Gasteiger partial charge in [-0.2, -0.15) is 40.2 Å². The van der Waals surface area contributed by atoms with Gasteiger partial charge in [-0.05, 0) is 101 Å². The molecular weight excluding hydrogens is 1090 g/mol. The number of nitrogens with one attached hydrogen (secondary N) is 4. The molecule has 4 aromatic rings. The molecule has 81 heavy (non-hydrogen) atoms. The van der Waals surface area contributed by atoms with Gasteiger partial charge in [-0.25, -0.2) is 33.0 Å². The van der Waals surface area contributed by atoms with E-state index >= 15 is 8.78 Å². The number of carboxylic acid groups (broad SMARTS) is 1. The van der Waals surface area contributed by atoms with Crippen LogP contribution in [0.25, 0.3) is 11.3 Å². The number of aliphatic hydroxyl groups excluding tert-OH is 1. The number of alkyl halides is 8. The highest BCUT2D eigenvalue weighted by molar-refractivity contribution is 5.87. The van der Waals surface area contributed by atoms with Crippen LogP contribution in [0.2, 0.25) is 0 Å². The SMILES string of the molecule is COC(=O)N[C@H](C(=O)N[C@@H](Cc1ccc(C#Cc2ccc(N3CC4CCC(C3)N4[C@@H]3CCOC3)nc2)cc1)[C@@H](O)CN(Cc1c(F)cc(-c2ccn(C(F)F)n2)cc1F)NC(=O)[C@@H](NC(=O)O)C(C)(C)C(F)(F)F)C(C)(C)C(F)(F)F. The Morgan fingerprint density at radius 3 is 1.93 bits per heavy atom. The minimum absolute atomic E-state index is 0.188. The van der Waals surface area contributed by atoms with E-state index in [2.05, 4.69) is 41.8 Å². The molecule has 28 heteroatoms. The fourth-order valence-corrected chi connectivity index (χ4v) is 9.99.